The van der Waals surface area contributed by atoms with Crippen molar-refractivity contribution in [3.63, 3.8) is 0 Å². The van der Waals surface area contributed by atoms with Crippen molar-refractivity contribution >= 4 is 23.0 Å². The average molecular weight is 289 g/mol. The zero-order chi connectivity index (χ0) is 14.5. The molecule has 0 spiro atoms. The Morgan fingerprint density at radius 2 is 2.05 bits per heavy atom. The summed E-state index contributed by atoms with van der Waals surface area (Å²) in [6.45, 7) is 6.01. The molecule has 3 nitrogen and oxygen atoms in total. The predicted molar refractivity (Wildman–Crippen MR) is 73.6 cm³/mol. The molecule has 104 valence electrons. The van der Waals surface area contributed by atoms with Gasteiger partial charge in [0.2, 0.25) is 0 Å². The molecule has 0 unspecified atom stereocenters. The zero-order valence-electron chi connectivity index (χ0n) is 10.3. The number of hydrogen-bond donors (Lipinski definition) is 3. The lowest BCUT2D eigenvalue weighted by atomic mass is 10.2. The molecule has 1 rings (SSSR count). The standard InChI is InChI=1S/C12H14F3N3S/c1-8(2)7-16-11(19)18-17-10-5-3-4-9(6-10)12(13,14)15/h3-6,17H,1,7H2,2H3,(H2,16,18,19). The molecule has 0 radical (unpaired) electrons. The first-order chi connectivity index (χ1) is 8.79. The Hall–Kier alpha value is -1.76. The van der Waals surface area contributed by atoms with E-state index in [1.54, 1.807) is 0 Å². The summed E-state index contributed by atoms with van der Waals surface area (Å²) in [7, 11) is 0. The van der Waals surface area contributed by atoms with Gasteiger partial charge in [-0.3, -0.25) is 10.9 Å². The fourth-order valence-corrected chi connectivity index (χ4v) is 1.30. The first-order valence-electron chi connectivity index (χ1n) is 5.40. The Morgan fingerprint density at radius 1 is 1.37 bits per heavy atom. The van der Waals surface area contributed by atoms with Crippen LogP contribution in [0.4, 0.5) is 18.9 Å². The molecule has 7 heteroatoms. The molecule has 0 amide bonds. The van der Waals surface area contributed by atoms with E-state index in [1.807, 2.05) is 6.92 Å². The lowest BCUT2D eigenvalue weighted by Crippen LogP contribution is -2.39. The number of alkyl halides is 3. The molecule has 0 saturated carbocycles. The second-order valence-corrected chi connectivity index (χ2v) is 4.38. The molecular formula is C12H14F3N3S. The van der Waals surface area contributed by atoms with Crippen LogP contribution in [0.25, 0.3) is 0 Å². The van der Waals surface area contributed by atoms with Gasteiger partial charge in [0, 0.05) is 6.54 Å². The van der Waals surface area contributed by atoms with Gasteiger partial charge in [-0.15, -0.1) is 0 Å². The number of hydrogen-bond acceptors (Lipinski definition) is 2. The minimum atomic E-state index is -4.36. The minimum absolute atomic E-state index is 0.273. The molecule has 0 bridgehead atoms. The number of thiocarbonyl (C=S) groups is 1. The Morgan fingerprint density at radius 3 is 2.63 bits per heavy atom. The second kappa shape index (κ2) is 6.42. The number of benzene rings is 1. The average Bonchev–Trinajstić information content (AvgIpc) is 2.33. The van der Waals surface area contributed by atoms with E-state index in [2.05, 4.69) is 22.7 Å². The van der Waals surface area contributed by atoms with Crippen LogP contribution in [0.1, 0.15) is 12.5 Å². The maximum Gasteiger partial charge on any atom is 0.416 e. The third kappa shape index (κ3) is 5.60. The highest BCUT2D eigenvalue weighted by atomic mass is 32.1. The maximum atomic E-state index is 12.5. The number of rotatable bonds is 4. The van der Waals surface area contributed by atoms with E-state index in [0.717, 1.165) is 17.7 Å². The molecule has 1 aromatic rings. The Balaban J connectivity index is 2.54. The van der Waals surface area contributed by atoms with Gasteiger partial charge in [0.05, 0.1) is 11.3 Å². The molecule has 0 saturated heterocycles. The van der Waals surface area contributed by atoms with Crippen molar-refractivity contribution in [2.45, 2.75) is 13.1 Å². The first-order valence-corrected chi connectivity index (χ1v) is 5.81. The molecule has 0 aliphatic carbocycles. The van der Waals surface area contributed by atoms with Crippen LogP contribution >= 0.6 is 12.2 Å². The van der Waals surface area contributed by atoms with Gasteiger partial charge in [-0.1, -0.05) is 18.2 Å². The molecule has 0 fully saturated rings. The summed E-state index contributed by atoms with van der Waals surface area (Å²) < 4.78 is 37.4. The van der Waals surface area contributed by atoms with E-state index in [-0.39, 0.29) is 10.8 Å². The third-order valence-electron chi connectivity index (χ3n) is 2.06. The van der Waals surface area contributed by atoms with Crippen molar-refractivity contribution < 1.29 is 13.2 Å². The summed E-state index contributed by atoms with van der Waals surface area (Å²) in [5, 5.41) is 3.11. The van der Waals surface area contributed by atoms with E-state index in [4.69, 9.17) is 12.2 Å². The largest absolute Gasteiger partial charge is 0.416 e. The lowest BCUT2D eigenvalue weighted by Gasteiger charge is -2.14. The fraction of sp³-hybridized carbons (Fsp3) is 0.250. The maximum absolute atomic E-state index is 12.5. The molecule has 1 aromatic carbocycles. The second-order valence-electron chi connectivity index (χ2n) is 3.97. The van der Waals surface area contributed by atoms with Gasteiger partial charge < -0.3 is 5.32 Å². The van der Waals surface area contributed by atoms with E-state index in [1.165, 1.54) is 12.1 Å². The molecule has 0 aromatic heterocycles. The molecule has 0 atom stereocenters. The first kappa shape index (κ1) is 15.3. The van der Waals surface area contributed by atoms with Crippen molar-refractivity contribution in [2.24, 2.45) is 0 Å². The minimum Gasteiger partial charge on any atom is -0.358 e. The third-order valence-corrected chi connectivity index (χ3v) is 2.31. The monoisotopic (exact) mass is 289 g/mol. The summed E-state index contributed by atoms with van der Waals surface area (Å²) in [6.07, 6.45) is -4.36. The number of halogens is 3. The summed E-state index contributed by atoms with van der Waals surface area (Å²) >= 11 is 4.93. The number of anilines is 1. The van der Waals surface area contributed by atoms with E-state index in [0.29, 0.717) is 6.54 Å². The van der Waals surface area contributed by atoms with Gasteiger partial charge in [-0.25, -0.2) is 0 Å². The van der Waals surface area contributed by atoms with E-state index >= 15 is 0 Å². The van der Waals surface area contributed by atoms with Crippen molar-refractivity contribution in [3.8, 4) is 0 Å². The molecule has 19 heavy (non-hydrogen) atoms. The van der Waals surface area contributed by atoms with Crippen molar-refractivity contribution in [1.82, 2.24) is 10.7 Å². The van der Waals surface area contributed by atoms with E-state index < -0.39 is 11.7 Å². The van der Waals surface area contributed by atoms with Crippen molar-refractivity contribution in [2.75, 3.05) is 12.0 Å². The Kier molecular flexibility index (Phi) is 5.17. The van der Waals surface area contributed by atoms with Gasteiger partial charge in [0.25, 0.3) is 0 Å². The molecule has 0 heterocycles. The molecule has 3 N–H and O–H groups in total. The van der Waals surface area contributed by atoms with Crippen LogP contribution in [0.2, 0.25) is 0 Å². The van der Waals surface area contributed by atoms with Crippen LogP contribution in [-0.4, -0.2) is 11.7 Å². The predicted octanol–water partition coefficient (Wildman–Crippen LogP) is 3.07. The van der Waals surface area contributed by atoms with Crippen LogP contribution in [-0.2, 0) is 6.18 Å². The van der Waals surface area contributed by atoms with Crippen LogP contribution in [0, 0.1) is 0 Å². The van der Waals surface area contributed by atoms with Gasteiger partial charge in [-0.05, 0) is 37.3 Å². The summed E-state index contributed by atoms with van der Waals surface area (Å²) in [6, 6.07) is 4.82. The zero-order valence-corrected chi connectivity index (χ0v) is 11.1. The van der Waals surface area contributed by atoms with Gasteiger partial charge in [0.15, 0.2) is 5.11 Å². The lowest BCUT2D eigenvalue weighted by molar-refractivity contribution is -0.137. The van der Waals surface area contributed by atoms with Crippen LogP contribution in [0.5, 0.6) is 0 Å². The number of nitrogens with one attached hydrogen (secondary N) is 3. The van der Waals surface area contributed by atoms with Crippen LogP contribution in [0.15, 0.2) is 36.4 Å². The normalized spacial score (nSPS) is 10.7. The van der Waals surface area contributed by atoms with Crippen molar-refractivity contribution in [3.05, 3.63) is 42.0 Å². The fourth-order valence-electron chi connectivity index (χ4n) is 1.18. The highest BCUT2D eigenvalue weighted by molar-refractivity contribution is 7.80. The SMILES string of the molecule is C=C(C)CNC(=S)NNc1cccc(C(F)(F)F)c1. The Bertz CT molecular complexity index is 472. The highest BCUT2D eigenvalue weighted by Crippen LogP contribution is 2.30. The van der Waals surface area contributed by atoms with Gasteiger partial charge in [-0.2, -0.15) is 13.2 Å². The molecule has 0 aliphatic rings. The quantitative estimate of drug-likeness (QED) is 0.452. The topological polar surface area (TPSA) is 36.1 Å². The van der Waals surface area contributed by atoms with Gasteiger partial charge in [0.1, 0.15) is 0 Å². The number of hydrazine groups is 1. The molecule has 0 aliphatic heterocycles. The van der Waals surface area contributed by atoms with Crippen LogP contribution < -0.4 is 16.2 Å². The summed E-state index contributed by atoms with van der Waals surface area (Å²) in [5.74, 6) is 0. The highest BCUT2D eigenvalue weighted by Gasteiger charge is 2.30. The van der Waals surface area contributed by atoms with Crippen molar-refractivity contribution in [1.29, 1.82) is 0 Å². The smallest absolute Gasteiger partial charge is 0.358 e. The van der Waals surface area contributed by atoms with Crippen LogP contribution in [0.3, 0.4) is 0 Å². The summed E-state index contributed by atoms with van der Waals surface area (Å²) in [4.78, 5) is 0. The Labute approximate surface area is 114 Å². The molecular weight excluding hydrogens is 275 g/mol. The van der Waals surface area contributed by atoms with Gasteiger partial charge >= 0.3 is 6.18 Å². The van der Waals surface area contributed by atoms with E-state index in [9.17, 15) is 13.2 Å². The summed E-state index contributed by atoms with van der Waals surface area (Å²) in [5.41, 5.74) is 5.63.